The summed E-state index contributed by atoms with van der Waals surface area (Å²) in [5, 5.41) is 2.62. The molecule has 0 spiro atoms. The van der Waals surface area contributed by atoms with Crippen LogP contribution >= 0.6 is 34.3 Å². The lowest BCUT2D eigenvalue weighted by Crippen LogP contribution is -2.34. The third-order valence-corrected chi connectivity index (χ3v) is 5.75. The highest BCUT2D eigenvalue weighted by Gasteiger charge is 2.18. The molecule has 0 aromatic carbocycles. The third-order valence-electron chi connectivity index (χ3n) is 3.51. The van der Waals surface area contributed by atoms with Crippen molar-refractivity contribution < 1.29 is 4.79 Å². The number of nitrogens with zero attached hydrogens (tertiary/aromatic N) is 2. The second-order valence-corrected chi connectivity index (χ2v) is 8.14. The van der Waals surface area contributed by atoms with Gasteiger partial charge in [-0.05, 0) is 24.5 Å². The molecule has 0 aliphatic rings. The predicted octanol–water partition coefficient (Wildman–Crippen LogP) is 3.97. The number of halogens is 1. The molecule has 4 nitrogen and oxygen atoms in total. The first kappa shape index (κ1) is 17.4. The van der Waals surface area contributed by atoms with Gasteiger partial charge >= 0.3 is 0 Å². The van der Waals surface area contributed by atoms with Crippen molar-refractivity contribution in [2.24, 2.45) is 11.7 Å². The number of hydrogen-bond acceptors (Lipinski definition) is 5. The van der Waals surface area contributed by atoms with Crippen LogP contribution in [0.25, 0.3) is 9.88 Å². The van der Waals surface area contributed by atoms with E-state index in [4.69, 9.17) is 17.3 Å². The third kappa shape index (κ3) is 4.29. The molecule has 2 N–H and O–H groups in total. The average Bonchev–Trinajstić information content (AvgIpc) is 3.11. The lowest BCUT2D eigenvalue weighted by molar-refractivity contribution is 0.0784. The zero-order valence-electron chi connectivity index (χ0n) is 12.9. The van der Waals surface area contributed by atoms with E-state index < -0.39 is 0 Å². The van der Waals surface area contributed by atoms with E-state index in [1.165, 1.54) is 22.7 Å². The molecule has 0 saturated heterocycles. The molecule has 0 saturated carbocycles. The smallest absolute Gasteiger partial charge is 0.273 e. The first-order valence-corrected chi connectivity index (χ1v) is 9.18. The number of thiazole rings is 1. The molecule has 22 heavy (non-hydrogen) atoms. The fourth-order valence-electron chi connectivity index (χ4n) is 1.89. The van der Waals surface area contributed by atoms with Gasteiger partial charge in [0.1, 0.15) is 10.7 Å². The lowest BCUT2D eigenvalue weighted by Gasteiger charge is -2.20. The topological polar surface area (TPSA) is 59.2 Å². The number of carbonyl (C=O) groups excluding carboxylic acids is 1. The Hall–Kier alpha value is -0.950. The number of thiophene rings is 1. The average molecular weight is 358 g/mol. The van der Waals surface area contributed by atoms with Crippen LogP contribution in [0.4, 0.5) is 0 Å². The van der Waals surface area contributed by atoms with Crippen LogP contribution in [-0.2, 0) is 0 Å². The van der Waals surface area contributed by atoms with Gasteiger partial charge in [-0.1, -0.05) is 25.4 Å². The van der Waals surface area contributed by atoms with Crippen molar-refractivity contribution in [3.63, 3.8) is 0 Å². The highest BCUT2D eigenvalue weighted by molar-refractivity contribution is 7.23. The highest BCUT2D eigenvalue weighted by Crippen LogP contribution is 2.33. The second kappa shape index (κ2) is 7.55. The number of carbonyl (C=O) groups is 1. The van der Waals surface area contributed by atoms with Crippen molar-refractivity contribution >= 4 is 40.2 Å². The van der Waals surface area contributed by atoms with E-state index in [0.29, 0.717) is 18.2 Å². The summed E-state index contributed by atoms with van der Waals surface area (Å²) < 4.78 is 0.720. The second-order valence-electron chi connectivity index (χ2n) is 5.56. The van der Waals surface area contributed by atoms with Crippen LogP contribution in [0.15, 0.2) is 17.5 Å². The Bertz CT molecular complexity index is 638. The Morgan fingerprint density at radius 1 is 1.45 bits per heavy atom. The van der Waals surface area contributed by atoms with Crippen molar-refractivity contribution in [3.8, 4) is 9.88 Å². The van der Waals surface area contributed by atoms with Gasteiger partial charge in [0, 0.05) is 25.0 Å². The Morgan fingerprint density at radius 3 is 2.77 bits per heavy atom. The molecule has 0 aliphatic heterocycles. The zero-order valence-corrected chi connectivity index (χ0v) is 15.3. The summed E-state index contributed by atoms with van der Waals surface area (Å²) in [5.41, 5.74) is 6.50. The van der Waals surface area contributed by atoms with E-state index in [1.807, 2.05) is 12.1 Å². The van der Waals surface area contributed by atoms with Crippen molar-refractivity contribution in [2.45, 2.75) is 26.3 Å². The van der Waals surface area contributed by atoms with Crippen LogP contribution in [0.1, 0.15) is 30.8 Å². The maximum absolute atomic E-state index is 12.4. The van der Waals surface area contributed by atoms with Crippen molar-refractivity contribution in [2.75, 3.05) is 13.6 Å². The summed E-state index contributed by atoms with van der Waals surface area (Å²) in [5.74, 6) is 0.346. The van der Waals surface area contributed by atoms with E-state index in [1.54, 1.807) is 17.3 Å². The Balaban J connectivity index is 1.99. The minimum absolute atomic E-state index is 0.0684. The van der Waals surface area contributed by atoms with E-state index in [-0.39, 0.29) is 11.9 Å². The summed E-state index contributed by atoms with van der Waals surface area (Å²) in [6.07, 6.45) is 0.789. The van der Waals surface area contributed by atoms with Gasteiger partial charge in [-0.3, -0.25) is 4.79 Å². The zero-order chi connectivity index (χ0) is 16.3. The number of aromatic nitrogens is 1. The molecule has 0 bridgehead atoms. The van der Waals surface area contributed by atoms with Crippen molar-refractivity contribution in [1.29, 1.82) is 0 Å². The van der Waals surface area contributed by atoms with E-state index in [2.05, 4.69) is 18.8 Å². The van der Waals surface area contributed by atoms with Gasteiger partial charge in [0.2, 0.25) is 0 Å². The van der Waals surface area contributed by atoms with Gasteiger partial charge in [0.25, 0.3) is 5.91 Å². The summed E-state index contributed by atoms with van der Waals surface area (Å²) in [6, 6.07) is 3.87. The number of amides is 1. The van der Waals surface area contributed by atoms with Gasteiger partial charge in [-0.15, -0.1) is 22.7 Å². The Morgan fingerprint density at radius 2 is 2.18 bits per heavy atom. The van der Waals surface area contributed by atoms with Gasteiger partial charge in [0.15, 0.2) is 0 Å². The molecule has 2 aromatic heterocycles. The van der Waals surface area contributed by atoms with Crippen molar-refractivity contribution in [1.82, 2.24) is 9.88 Å². The minimum atomic E-state index is -0.0684. The molecule has 7 heteroatoms. The first-order chi connectivity index (χ1) is 10.4. The maximum Gasteiger partial charge on any atom is 0.273 e. The molecular weight excluding hydrogens is 338 g/mol. The van der Waals surface area contributed by atoms with Gasteiger partial charge in [-0.2, -0.15) is 0 Å². The van der Waals surface area contributed by atoms with Crippen LogP contribution in [-0.4, -0.2) is 35.4 Å². The summed E-state index contributed by atoms with van der Waals surface area (Å²) in [4.78, 5) is 19.5. The SMILES string of the molecule is CC(C)C(N)CCN(C)C(=O)c1csc(-c2ccc(Cl)s2)n1. The molecule has 0 radical (unpaired) electrons. The molecule has 0 aliphatic carbocycles. The van der Waals surface area contributed by atoms with E-state index >= 15 is 0 Å². The van der Waals surface area contributed by atoms with E-state index in [0.717, 1.165) is 20.6 Å². The summed E-state index contributed by atoms with van der Waals surface area (Å²) in [6.45, 7) is 4.81. The molecule has 1 amide bonds. The molecule has 1 atom stereocenters. The fourth-order valence-corrected chi connectivity index (χ4v) is 3.80. The number of hydrogen-bond donors (Lipinski definition) is 1. The lowest BCUT2D eigenvalue weighted by atomic mass is 10.0. The normalized spacial score (nSPS) is 12.6. The van der Waals surface area contributed by atoms with Crippen LogP contribution in [0.2, 0.25) is 4.34 Å². The largest absolute Gasteiger partial charge is 0.340 e. The van der Waals surface area contributed by atoms with Gasteiger partial charge in [0.05, 0.1) is 9.21 Å². The number of rotatable bonds is 6. The minimum Gasteiger partial charge on any atom is -0.340 e. The van der Waals surface area contributed by atoms with Crippen LogP contribution < -0.4 is 5.73 Å². The summed E-state index contributed by atoms with van der Waals surface area (Å²) >= 11 is 8.86. The molecular formula is C15H20ClN3OS2. The monoisotopic (exact) mass is 357 g/mol. The predicted molar refractivity (Wildman–Crippen MR) is 94.8 cm³/mol. The van der Waals surface area contributed by atoms with Gasteiger partial charge in [-0.25, -0.2) is 4.98 Å². The fraction of sp³-hybridized carbons (Fsp3) is 0.467. The standard InChI is InChI=1S/C15H20ClN3OS2/c1-9(2)10(17)6-7-19(3)15(20)11-8-21-14(18-11)12-4-5-13(16)22-12/h4-5,8-10H,6-7,17H2,1-3H3. The quantitative estimate of drug-likeness (QED) is 0.850. The molecule has 2 aromatic rings. The van der Waals surface area contributed by atoms with Crippen LogP contribution in [0.5, 0.6) is 0 Å². The van der Waals surface area contributed by atoms with Gasteiger partial charge < -0.3 is 10.6 Å². The Kier molecular flexibility index (Phi) is 5.97. The van der Waals surface area contributed by atoms with Crippen LogP contribution in [0, 0.1) is 5.92 Å². The molecule has 2 rings (SSSR count). The molecule has 0 fully saturated rings. The van der Waals surface area contributed by atoms with E-state index in [9.17, 15) is 4.79 Å². The number of nitrogens with two attached hydrogens (primary N) is 1. The maximum atomic E-state index is 12.4. The Labute approximate surface area is 143 Å². The highest BCUT2D eigenvalue weighted by atomic mass is 35.5. The molecule has 2 heterocycles. The summed E-state index contributed by atoms with van der Waals surface area (Å²) in [7, 11) is 1.79. The van der Waals surface area contributed by atoms with Crippen molar-refractivity contribution in [3.05, 3.63) is 27.5 Å². The molecule has 1 unspecified atom stereocenters. The first-order valence-electron chi connectivity index (χ1n) is 7.10. The molecule has 120 valence electrons. The van der Waals surface area contributed by atoms with Crippen LogP contribution in [0.3, 0.4) is 0 Å².